The minimum atomic E-state index is -1.11. The van der Waals surface area contributed by atoms with Crippen molar-refractivity contribution < 1.29 is 48.1 Å². The summed E-state index contributed by atoms with van der Waals surface area (Å²) in [6.45, 7) is 7.00. The van der Waals surface area contributed by atoms with Crippen LogP contribution in [0.5, 0.6) is 0 Å². The highest BCUT2D eigenvalue weighted by Gasteiger charge is 2.58. The van der Waals surface area contributed by atoms with Crippen molar-refractivity contribution in [3.05, 3.63) is 34.7 Å². The zero-order chi connectivity index (χ0) is 28.6. The molecule has 0 radical (unpaired) electrons. The lowest BCUT2D eigenvalue weighted by atomic mass is 10.1. The van der Waals surface area contributed by atoms with Gasteiger partial charge >= 0.3 is 5.69 Å². The van der Waals surface area contributed by atoms with Gasteiger partial charge in [0.05, 0.1) is 24.1 Å². The summed E-state index contributed by atoms with van der Waals surface area (Å²) in [6.07, 6.45) is -7.36. The number of hydrogen-bond acceptors (Lipinski definition) is 11. The lowest BCUT2D eigenvalue weighted by Gasteiger charge is -2.28. The van der Waals surface area contributed by atoms with Crippen molar-refractivity contribution in [2.24, 2.45) is 0 Å². The van der Waals surface area contributed by atoms with Crippen LogP contribution >= 0.6 is 0 Å². The molecule has 4 aliphatic rings. The maximum atomic E-state index is 13.7. The van der Waals surface area contributed by atoms with E-state index in [4.69, 9.17) is 37.9 Å². The Morgan fingerprint density at radius 2 is 1.18 bits per heavy atom. The molecule has 4 fully saturated rings. The molecule has 13 nitrogen and oxygen atoms in total. The van der Waals surface area contributed by atoms with Crippen LogP contribution in [0, 0.1) is 0 Å². The summed E-state index contributed by atoms with van der Waals surface area (Å²) in [5.74, 6) is -1.66. The average molecular weight is 567 g/mol. The van der Waals surface area contributed by atoms with E-state index in [1.54, 1.807) is 39.8 Å². The first-order valence-corrected chi connectivity index (χ1v) is 13.5. The number of hydrogen-bond donors (Lipinski definition) is 2. The van der Waals surface area contributed by atoms with Crippen LogP contribution in [0.2, 0.25) is 0 Å². The molecule has 40 heavy (non-hydrogen) atoms. The molecule has 0 bridgehead atoms. The largest absolute Gasteiger partial charge is 0.388 e. The Kier molecular flexibility index (Phi) is 7.14. The summed E-state index contributed by atoms with van der Waals surface area (Å²) in [7, 11) is 3.04. The summed E-state index contributed by atoms with van der Waals surface area (Å²) < 4.78 is 49.6. The molecule has 0 saturated carbocycles. The second-order valence-corrected chi connectivity index (χ2v) is 11.7. The van der Waals surface area contributed by atoms with E-state index < -0.39 is 78.7 Å². The minimum Gasteiger partial charge on any atom is -0.388 e. The Morgan fingerprint density at radius 3 is 1.55 bits per heavy atom. The van der Waals surface area contributed by atoms with Crippen LogP contribution in [0.3, 0.4) is 0 Å². The number of benzene rings is 1. The topological polar surface area (TPSA) is 141 Å². The number of aromatic nitrogens is 2. The molecule has 6 rings (SSSR count). The van der Waals surface area contributed by atoms with Crippen LogP contribution in [0.15, 0.2) is 29.1 Å². The smallest absolute Gasteiger partial charge is 0.329 e. The van der Waals surface area contributed by atoms with Crippen molar-refractivity contribution in [3.63, 3.8) is 0 Å². The van der Waals surface area contributed by atoms with Crippen LogP contribution in [-0.4, -0.2) is 107 Å². The number of nitrogens with zero attached hydrogens (tertiary/aromatic N) is 2. The van der Waals surface area contributed by atoms with Gasteiger partial charge in [-0.3, -0.25) is 9.13 Å². The van der Waals surface area contributed by atoms with Gasteiger partial charge in [0.1, 0.15) is 48.8 Å². The Bertz CT molecular complexity index is 1200. The maximum absolute atomic E-state index is 13.7. The van der Waals surface area contributed by atoms with Gasteiger partial charge in [-0.2, -0.15) is 0 Å². The van der Waals surface area contributed by atoms with Gasteiger partial charge in [0, 0.05) is 14.2 Å². The molecule has 1 aromatic heterocycles. The number of rotatable bonds is 8. The van der Waals surface area contributed by atoms with Crippen LogP contribution in [-0.2, 0) is 51.0 Å². The van der Waals surface area contributed by atoms with Gasteiger partial charge in [0.2, 0.25) is 0 Å². The molecule has 2 N–H and O–H groups in total. The lowest BCUT2D eigenvalue weighted by Crippen LogP contribution is -2.46. The molecule has 0 spiro atoms. The highest BCUT2D eigenvalue weighted by Crippen LogP contribution is 2.41. The lowest BCUT2D eigenvalue weighted by molar-refractivity contribution is -0.228. The van der Waals surface area contributed by atoms with Gasteiger partial charge in [-0.05, 0) is 39.8 Å². The van der Waals surface area contributed by atoms with Gasteiger partial charge in [0.15, 0.2) is 24.2 Å². The SMILES string of the molecule is COC1C(C(O)Cn2c(=O)n(CC(O)C3OC4OC(C)(C)OC4C3OC)c3ccccc32)OC2OC(C)(C)OC21. The van der Waals surface area contributed by atoms with Crippen molar-refractivity contribution in [2.45, 2.75) is 114 Å². The standard InChI is InChI=1S/C27H38N2O11/c1-26(2)37-21-19(33-5)17(35-23(21)39-26)15(30)11-28-13-9-7-8-10-14(13)29(25(28)32)12-16(31)18-20(34-6)22-24(36-18)40-27(3,4)38-22/h7-10,15-24,30-31H,11-12H2,1-6H3. The quantitative estimate of drug-likeness (QED) is 0.456. The molecule has 13 heteroatoms. The van der Waals surface area contributed by atoms with Crippen LogP contribution in [0.4, 0.5) is 0 Å². The Morgan fingerprint density at radius 1 is 0.775 bits per heavy atom. The van der Waals surface area contributed by atoms with Crippen molar-refractivity contribution in [1.82, 2.24) is 9.13 Å². The Hall–Kier alpha value is -1.91. The van der Waals surface area contributed by atoms with E-state index in [9.17, 15) is 15.0 Å². The fourth-order valence-corrected chi connectivity index (χ4v) is 6.37. The van der Waals surface area contributed by atoms with Crippen molar-refractivity contribution in [3.8, 4) is 0 Å². The molecular weight excluding hydrogens is 528 g/mol. The average Bonchev–Trinajstić information content (AvgIpc) is 3.63. The van der Waals surface area contributed by atoms with E-state index in [1.807, 2.05) is 12.1 Å². The van der Waals surface area contributed by atoms with E-state index >= 15 is 0 Å². The first-order chi connectivity index (χ1) is 18.9. The van der Waals surface area contributed by atoms with E-state index in [2.05, 4.69) is 0 Å². The molecule has 1 aromatic carbocycles. The highest BCUT2D eigenvalue weighted by atomic mass is 16.9. The minimum absolute atomic E-state index is 0.0721. The van der Waals surface area contributed by atoms with Crippen molar-refractivity contribution >= 4 is 11.0 Å². The molecule has 0 aliphatic carbocycles. The zero-order valence-corrected chi connectivity index (χ0v) is 23.5. The third-order valence-corrected chi connectivity index (χ3v) is 8.02. The molecule has 2 aromatic rings. The first-order valence-electron chi connectivity index (χ1n) is 13.5. The number of fused-ring (bicyclic) bond motifs is 3. The predicted molar refractivity (Wildman–Crippen MR) is 137 cm³/mol. The summed E-state index contributed by atoms with van der Waals surface area (Å²) in [5.41, 5.74) is 0.793. The third-order valence-electron chi connectivity index (χ3n) is 8.02. The number of methoxy groups -OCH3 is 2. The predicted octanol–water partition coefficient (Wildman–Crippen LogP) is 0.308. The molecule has 4 aliphatic heterocycles. The number of aliphatic hydroxyl groups excluding tert-OH is 2. The molecule has 222 valence electrons. The van der Waals surface area contributed by atoms with Crippen LogP contribution in [0.1, 0.15) is 27.7 Å². The van der Waals surface area contributed by atoms with Gasteiger partial charge in [-0.25, -0.2) is 4.79 Å². The number of aliphatic hydroxyl groups is 2. The molecule has 10 atom stereocenters. The number of para-hydroxylation sites is 2. The Balaban J connectivity index is 1.22. The van der Waals surface area contributed by atoms with Gasteiger partial charge < -0.3 is 48.1 Å². The summed E-state index contributed by atoms with van der Waals surface area (Å²) in [4.78, 5) is 13.7. The fourth-order valence-electron chi connectivity index (χ4n) is 6.37. The summed E-state index contributed by atoms with van der Waals surface area (Å²) >= 11 is 0. The van der Waals surface area contributed by atoms with E-state index in [1.165, 1.54) is 23.4 Å². The van der Waals surface area contributed by atoms with E-state index in [0.717, 1.165) is 0 Å². The monoisotopic (exact) mass is 566 g/mol. The first kappa shape index (κ1) is 28.2. The molecular formula is C27H38N2O11. The molecule has 5 heterocycles. The van der Waals surface area contributed by atoms with Crippen LogP contribution < -0.4 is 5.69 Å². The summed E-state index contributed by atoms with van der Waals surface area (Å²) in [5, 5.41) is 22.5. The third kappa shape index (κ3) is 4.71. The second kappa shape index (κ2) is 10.1. The normalized spacial score (nSPS) is 37.6. The van der Waals surface area contributed by atoms with Gasteiger partial charge in [0.25, 0.3) is 0 Å². The highest BCUT2D eigenvalue weighted by molar-refractivity contribution is 5.76. The van der Waals surface area contributed by atoms with Gasteiger partial charge in [-0.15, -0.1) is 0 Å². The second-order valence-electron chi connectivity index (χ2n) is 11.7. The van der Waals surface area contributed by atoms with Crippen molar-refractivity contribution in [1.29, 1.82) is 0 Å². The Labute approximate surface area is 231 Å². The van der Waals surface area contributed by atoms with E-state index in [-0.39, 0.29) is 13.1 Å². The van der Waals surface area contributed by atoms with Gasteiger partial charge in [-0.1, -0.05) is 12.1 Å². The number of imidazole rings is 1. The maximum Gasteiger partial charge on any atom is 0.329 e. The fraction of sp³-hybridized carbons (Fsp3) is 0.741. The number of ether oxygens (including phenoxy) is 8. The van der Waals surface area contributed by atoms with Crippen LogP contribution in [0.25, 0.3) is 11.0 Å². The molecule has 0 amide bonds. The summed E-state index contributed by atoms with van der Waals surface area (Å²) in [6, 6.07) is 7.19. The van der Waals surface area contributed by atoms with Crippen molar-refractivity contribution in [2.75, 3.05) is 14.2 Å². The molecule has 10 unspecified atom stereocenters. The molecule has 4 saturated heterocycles. The van der Waals surface area contributed by atoms with E-state index in [0.29, 0.717) is 11.0 Å². The zero-order valence-electron chi connectivity index (χ0n) is 23.5.